The molecule has 2 aromatic heterocycles. The van der Waals surface area contributed by atoms with Crippen molar-refractivity contribution in [1.29, 1.82) is 0 Å². The van der Waals surface area contributed by atoms with E-state index in [4.69, 9.17) is 5.73 Å². The molecule has 0 saturated heterocycles. The summed E-state index contributed by atoms with van der Waals surface area (Å²) in [6.45, 7) is 1.33. The lowest BCUT2D eigenvalue weighted by atomic mass is 9.82. The Kier molecular flexibility index (Phi) is 5.94. The van der Waals surface area contributed by atoms with Crippen LogP contribution in [-0.2, 0) is 4.79 Å². The molecule has 0 atom stereocenters. The number of hydrogen-bond acceptors (Lipinski definition) is 10. The summed E-state index contributed by atoms with van der Waals surface area (Å²) < 4.78 is 0. The van der Waals surface area contributed by atoms with Gasteiger partial charge < -0.3 is 16.4 Å². The number of fused-ring (bicyclic) bond motifs is 2. The second-order valence-electron chi connectivity index (χ2n) is 8.06. The van der Waals surface area contributed by atoms with Crippen LogP contribution in [0.5, 0.6) is 0 Å². The molecule has 0 unspecified atom stereocenters. The summed E-state index contributed by atoms with van der Waals surface area (Å²) >= 11 is 0. The largest absolute Gasteiger partial charge is 0.382 e. The highest BCUT2D eigenvalue weighted by molar-refractivity contribution is 6.32. The molecule has 0 spiro atoms. The fraction of sp³-hybridized carbons (Fsp3) is 0.0769. The maximum atomic E-state index is 13.6. The van der Waals surface area contributed by atoms with Gasteiger partial charge in [-0.3, -0.25) is 19.4 Å². The monoisotopic (exact) mass is 492 g/mol. The number of carbonyl (C=O) groups is 3. The lowest BCUT2D eigenvalue weighted by molar-refractivity contribution is -0.114. The Morgan fingerprint density at radius 1 is 0.892 bits per heavy atom. The van der Waals surface area contributed by atoms with Crippen LogP contribution in [0.1, 0.15) is 38.8 Å². The fourth-order valence-electron chi connectivity index (χ4n) is 4.06. The van der Waals surface area contributed by atoms with Gasteiger partial charge in [0, 0.05) is 31.3 Å². The molecule has 2 heterocycles. The van der Waals surface area contributed by atoms with Gasteiger partial charge in [0.05, 0.1) is 22.5 Å². The molecule has 0 bridgehead atoms. The first-order valence-electron chi connectivity index (χ1n) is 11.2. The number of hydrogen-bond donors (Lipinski definition) is 3. The van der Waals surface area contributed by atoms with Crippen molar-refractivity contribution in [1.82, 2.24) is 15.0 Å². The van der Waals surface area contributed by atoms with Gasteiger partial charge in [-0.2, -0.15) is 0 Å². The first kappa shape index (κ1) is 23.4. The van der Waals surface area contributed by atoms with Gasteiger partial charge in [0.25, 0.3) is 0 Å². The van der Waals surface area contributed by atoms with Crippen molar-refractivity contribution in [2.45, 2.75) is 6.92 Å². The molecule has 2 aromatic carbocycles. The Labute approximate surface area is 210 Å². The molecular weight excluding hydrogens is 472 g/mol. The van der Waals surface area contributed by atoms with E-state index in [0.717, 1.165) is 0 Å². The summed E-state index contributed by atoms with van der Waals surface area (Å²) in [5.41, 5.74) is 7.87. The van der Waals surface area contributed by atoms with Crippen LogP contribution in [0.4, 0.5) is 28.7 Å². The third kappa shape index (κ3) is 4.18. The Morgan fingerprint density at radius 3 is 2.35 bits per heavy atom. The van der Waals surface area contributed by atoms with E-state index in [1.54, 1.807) is 67.8 Å². The van der Waals surface area contributed by atoms with Crippen molar-refractivity contribution < 1.29 is 14.4 Å². The van der Waals surface area contributed by atoms with Crippen molar-refractivity contribution in [3.05, 3.63) is 83.0 Å². The molecule has 182 valence electrons. The van der Waals surface area contributed by atoms with Gasteiger partial charge in [-0.15, -0.1) is 10.2 Å². The molecule has 0 aliphatic heterocycles. The SMILES string of the molecule is CNc1nc(-c2ccccn2)nc(N)c1N=Nc1cccc2c1C(=O)c1c(NC(C)=O)cccc1C2=O. The number of azo groups is 1. The fourth-order valence-corrected chi connectivity index (χ4v) is 4.06. The highest BCUT2D eigenvalue weighted by Gasteiger charge is 2.34. The maximum Gasteiger partial charge on any atom is 0.221 e. The zero-order chi connectivity index (χ0) is 26.1. The Morgan fingerprint density at radius 2 is 1.65 bits per heavy atom. The average Bonchev–Trinajstić information content (AvgIpc) is 2.90. The highest BCUT2D eigenvalue weighted by atomic mass is 16.2. The Balaban J connectivity index is 1.59. The average molecular weight is 492 g/mol. The van der Waals surface area contributed by atoms with Crippen LogP contribution < -0.4 is 16.4 Å². The minimum Gasteiger partial charge on any atom is -0.382 e. The van der Waals surface area contributed by atoms with Crippen LogP contribution in [0.15, 0.2) is 71.0 Å². The van der Waals surface area contributed by atoms with Crippen LogP contribution in [0, 0.1) is 0 Å². The first-order chi connectivity index (χ1) is 17.9. The van der Waals surface area contributed by atoms with E-state index in [-0.39, 0.29) is 56.8 Å². The Hall–Kier alpha value is -5.32. The highest BCUT2D eigenvalue weighted by Crippen LogP contribution is 2.38. The van der Waals surface area contributed by atoms with Gasteiger partial charge in [-0.25, -0.2) is 9.97 Å². The second-order valence-corrected chi connectivity index (χ2v) is 8.06. The van der Waals surface area contributed by atoms with E-state index in [9.17, 15) is 14.4 Å². The van der Waals surface area contributed by atoms with Gasteiger partial charge >= 0.3 is 0 Å². The van der Waals surface area contributed by atoms with Crippen LogP contribution in [0.2, 0.25) is 0 Å². The summed E-state index contributed by atoms with van der Waals surface area (Å²) in [6.07, 6.45) is 1.62. The van der Waals surface area contributed by atoms with Gasteiger partial charge in [0.1, 0.15) is 5.69 Å². The van der Waals surface area contributed by atoms with E-state index >= 15 is 0 Å². The third-order valence-corrected chi connectivity index (χ3v) is 5.66. The number of amides is 1. The maximum absolute atomic E-state index is 13.6. The van der Waals surface area contributed by atoms with Crippen molar-refractivity contribution in [3.63, 3.8) is 0 Å². The third-order valence-electron chi connectivity index (χ3n) is 5.66. The minimum atomic E-state index is -0.452. The number of rotatable bonds is 5. The number of anilines is 3. The first-order valence-corrected chi connectivity index (χ1v) is 11.2. The second kappa shape index (κ2) is 9.38. The normalized spacial score (nSPS) is 12.3. The number of aromatic nitrogens is 3. The summed E-state index contributed by atoms with van der Waals surface area (Å²) in [6, 6.07) is 14.8. The van der Waals surface area contributed by atoms with Crippen LogP contribution in [-0.4, -0.2) is 39.5 Å². The van der Waals surface area contributed by atoms with Crippen molar-refractivity contribution in [2.75, 3.05) is 23.4 Å². The van der Waals surface area contributed by atoms with Crippen molar-refractivity contribution in [3.8, 4) is 11.5 Å². The lowest BCUT2D eigenvalue weighted by Crippen LogP contribution is -2.23. The number of nitrogens with two attached hydrogens (primary N) is 1. The molecule has 4 N–H and O–H groups in total. The number of nitrogens with zero attached hydrogens (tertiary/aromatic N) is 5. The summed E-state index contributed by atoms with van der Waals surface area (Å²) in [5, 5.41) is 14.0. The number of nitrogen functional groups attached to an aromatic ring is 1. The Bertz CT molecular complexity index is 1620. The summed E-state index contributed by atoms with van der Waals surface area (Å²) in [7, 11) is 1.65. The molecule has 1 aliphatic carbocycles. The molecule has 5 rings (SSSR count). The minimum absolute atomic E-state index is 0.0502. The zero-order valence-electron chi connectivity index (χ0n) is 19.8. The van der Waals surface area contributed by atoms with Crippen LogP contribution >= 0.6 is 0 Å². The van der Waals surface area contributed by atoms with Gasteiger partial charge in [0.2, 0.25) is 5.91 Å². The number of pyridine rings is 1. The predicted molar refractivity (Wildman–Crippen MR) is 137 cm³/mol. The number of benzene rings is 2. The standard InChI is InChI=1S/C26H20N8O3/c1-13(35)30-16-10-5-7-14-19(16)23(37)20-15(22(14)36)8-6-11-17(20)33-34-21-24(27)31-25(32-26(21)28-2)18-9-3-4-12-29-18/h3-12H,1-2H3,(H,30,35)(H3,27,28,31,32). The van der Waals surface area contributed by atoms with Gasteiger partial charge in [-0.05, 0) is 24.3 Å². The molecule has 37 heavy (non-hydrogen) atoms. The van der Waals surface area contributed by atoms with Crippen LogP contribution in [0.3, 0.4) is 0 Å². The van der Waals surface area contributed by atoms with E-state index < -0.39 is 5.78 Å². The number of ketones is 2. The molecule has 11 nitrogen and oxygen atoms in total. The smallest absolute Gasteiger partial charge is 0.221 e. The predicted octanol–water partition coefficient (Wildman–Crippen LogP) is 4.31. The molecule has 0 fully saturated rings. The zero-order valence-corrected chi connectivity index (χ0v) is 19.8. The topological polar surface area (TPSA) is 165 Å². The molecule has 4 aromatic rings. The van der Waals surface area contributed by atoms with E-state index in [2.05, 4.69) is 35.8 Å². The number of carbonyl (C=O) groups excluding carboxylic acids is 3. The molecule has 1 aliphatic rings. The molecular formula is C26H20N8O3. The van der Waals surface area contributed by atoms with E-state index in [1.165, 1.54) is 6.92 Å². The van der Waals surface area contributed by atoms with E-state index in [1.807, 2.05) is 0 Å². The lowest BCUT2D eigenvalue weighted by Gasteiger charge is -2.21. The number of nitrogens with one attached hydrogen (secondary N) is 2. The van der Waals surface area contributed by atoms with Crippen molar-refractivity contribution in [2.24, 2.45) is 10.2 Å². The summed E-state index contributed by atoms with van der Waals surface area (Å²) in [4.78, 5) is 51.5. The molecule has 0 radical (unpaired) electrons. The quantitative estimate of drug-likeness (QED) is 0.305. The van der Waals surface area contributed by atoms with E-state index in [0.29, 0.717) is 17.3 Å². The summed E-state index contributed by atoms with van der Waals surface area (Å²) in [5.74, 6) is -0.506. The van der Waals surface area contributed by atoms with Crippen molar-refractivity contribution >= 4 is 46.2 Å². The molecule has 0 saturated carbocycles. The van der Waals surface area contributed by atoms with Crippen LogP contribution in [0.25, 0.3) is 11.5 Å². The molecule has 11 heteroatoms. The van der Waals surface area contributed by atoms with Gasteiger partial charge in [-0.1, -0.05) is 30.3 Å². The molecule has 1 amide bonds. The van der Waals surface area contributed by atoms with Gasteiger partial charge in [0.15, 0.2) is 34.7 Å².